The summed E-state index contributed by atoms with van der Waals surface area (Å²) >= 11 is 12.1. The molecule has 1 aromatic carbocycles. The molecule has 0 saturated carbocycles. The van der Waals surface area contributed by atoms with Crippen molar-refractivity contribution in [1.82, 2.24) is 4.90 Å². The van der Waals surface area contributed by atoms with Crippen molar-refractivity contribution in [3.05, 3.63) is 33.8 Å². The van der Waals surface area contributed by atoms with E-state index in [1.54, 1.807) is 6.07 Å². The molecule has 0 aliphatic carbocycles. The molecule has 4 heteroatoms. The van der Waals surface area contributed by atoms with E-state index in [1.165, 1.54) is 0 Å². The molecule has 0 atom stereocenters. The first kappa shape index (κ1) is 11.9. The van der Waals surface area contributed by atoms with E-state index >= 15 is 0 Å². The molecule has 1 aliphatic heterocycles. The van der Waals surface area contributed by atoms with E-state index in [0.717, 1.165) is 25.2 Å². The molecule has 0 N–H and O–H groups in total. The average Bonchev–Trinajstić information content (AvgIpc) is 2.28. The van der Waals surface area contributed by atoms with Crippen molar-refractivity contribution in [1.29, 1.82) is 0 Å². The molecule has 0 bridgehead atoms. The predicted molar refractivity (Wildman–Crippen MR) is 66.0 cm³/mol. The van der Waals surface area contributed by atoms with Gasteiger partial charge in [0, 0.05) is 32.5 Å². The summed E-state index contributed by atoms with van der Waals surface area (Å²) in [5.41, 5.74) is 1.03. The van der Waals surface area contributed by atoms with Gasteiger partial charge in [-0.2, -0.15) is 0 Å². The first-order valence-corrected chi connectivity index (χ1v) is 6.09. The molecule has 1 aliphatic rings. The molecule has 0 unspecified atom stereocenters. The summed E-state index contributed by atoms with van der Waals surface area (Å²) in [5.74, 6) is 0.355. The van der Waals surface area contributed by atoms with Gasteiger partial charge in [-0.25, -0.2) is 0 Å². The average molecular weight is 258 g/mol. The SMILES string of the molecule is O=C1CCN(Cc2cccc(Cl)c2Cl)CC1. The number of likely N-dealkylation sites (tertiary alicyclic amines) is 1. The fourth-order valence-corrected chi connectivity index (χ4v) is 2.25. The van der Waals surface area contributed by atoms with E-state index in [9.17, 15) is 4.79 Å². The van der Waals surface area contributed by atoms with Crippen LogP contribution in [0.5, 0.6) is 0 Å². The monoisotopic (exact) mass is 257 g/mol. The molecule has 1 heterocycles. The van der Waals surface area contributed by atoms with E-state index in [-0.39, 0.29) is 0 Å². The van der Waals surface area contributed by atoms with Gasteiger partial charge in [-0.1, -0.05) is 35.3 Å². The maximum Gasteiger partial charge on any atom is 0.135 e. The molecular formula is C12H13Cl2NO. The van der Waals surface area contributed by atoms with Gasteiger partial charge >= 0.3 is 0 Å². The van der Waals surface area contributed by atoms with Crippen LogP contribution in [0.25, 0.3) is 0 Å². The second kappa shape index (κ2) is 5.17. The zero-order chi connectivity index (χ0) is 11.5. The lowest BCUT2D eigenvalue weighted by atomic mass is 10.1. The van der Waals surface area contributed by atoms with Crippen LogP contribution >= 0.6 is 23.2 Å². The van der Waals surface area contributed by atoms with Crippen LogP contribution in [0.1, 0.15) is 18.4 Å². The lowest BCUT2D eigenvalue weighted by Crippen LogP contribution is -2.33. The van der Waals surface area contributed by atoms with Crippen molar-refractivity contribution in [2.45, 2.75) is 19.4 Å². The number of benzene rings is 1. The first-order valence-electron chi connectivity index (χ1n) is 5.34. The summed E-state index contributed by atoms with van der Waals surface area (Å²) in [6, 6.07) is 5.66. The molecule has 1 saturated heterocycles. The molecule has 0 amide bonds. The predicted octanol–water partition coefficient (Wildman–Crippen LogP) is 3.16. The van der Waals surface area contributed by atoms with Crippen molar-refractivity contribution in [3.8, 4) is 0 Å². The van der Waals surface area contributed by atoms with Gasteiger partial charge in [0.15, 0.2) is 0 Å². The smallest absolute Gasteiger partial charge is 0.135 e. The van der Waals surface area contributed by atoms with Gasteiger partial charge < -0.3 is 0 Å². The number of piperidine rings is 1. The van der Waals surface area contributed by atoms with Gasteiger partial charge in [0.05, 0.1) is 10.0 Å². The number of Topliss-reactive ketones (excluding diaryl/α,β-unsaturated/α-hetero) is 1. The Labute approximate surface area is 105 Å². The maximum atomic E-state index is 11.1. The van der Waals surface area contributed by atoms with Crippen molar-refractivity contribution in [3.63, 3.8) is 0 Å². The van der Waals surface area contributed by atoms with Crippen LogP contribution in [0.3, 0.4) is 0 Å². The summed E-state index contributed by atoms with van der Waals surface area (Å²) in [6.45, 7) is 2.41. The highest BCUT2D eigenvalue weighted by Gasteiger charge is 2.17. The molecule has 1 fully saturated rings. The van der Waals surface area contributed by atoms with E-state index < -0.39 is 0 Å². The number of nitrogens with zero attached hydrogens (tertiary/aromatic N) is 1. The Bertz CT molecular complexity index is 396. The fraction of sp³-hybridized carbons (Fsp3) is 0.417. The number of ketones is 1. The second-order valence-corrected chi connectivity index (χ2v) is 4.81. The third-order valence-electron chi connectivity index (χ3n) is 2.84. The van der Waals surface area contributed by atoms with Gasteiger partial charge in [0.25, 0.3) is 0 Å². The molecular weight excluding hydrogens is 245 g/mol. The standard InChI is InChI=1S/C12H13Cl2NO/c13-11-3-1-2-9(12(11)14)8-15-6-4-10(16)5-7-15/h1-3H,4-8H2. The molecule has 2 rings (SSSR count). The van der Waals surface area contributed by atoms with E-state index in [1.807, 2.05) is 12.1 Å². The quantitative estimate of drug-likeness (QED) is 0.812. The molecule has 2 nitrogen and oxygen atoms in total. The largest absolute Gasteiger partial charge is 0.300 e. The van der Waals surface area contributed by atoms with E-state index in [2.05, 4.69) is 4.90 Å². The van der Waals surface area contributed by atoms with Crippen LogP contribution in [0.15, 0.2) is 18.2 Å². The third kappa shape index (κ3) is 2.76. The van der Waals surface area contributed by atoms with Crippen LogP contribution in [0.4, 0.5) is 0 Å². The van der Waals surface area contributed by atoms with Gasteiger partial charge in [0.2, 0.25) is 0 Å². The second-order valence-electron chi connectivity index (χ2n) is 4.03. The van der Waals surface area contributed by atoms with Crippen LogP contribution in [0, 0.1) is 0 Å². The molecule has 0 aromatic heterocycles. The number of carbonyl (C=O) groups excluding carboxylic acids is 1. The lowest BCUT2D eigenvalue weighted by molar-refractivity contribution is -0.121. The molecule has 1 aromatic rings. The number of halogens is 2. The first-order chi connectivity index (χ1) is 7.66. The van der Waals surface area contributed by atoms with Crippen LogP contribution in [-0.2, 0) is 11.3 Å². The van der Waals surface area contributed by atoms with E-state index in [0.29, 0.717) is 28.7 Å². The third-order valence-corrected chi connectivity index (χ3v) is 3.70. The number of hydrogen-bond donors (Lipinski definition) is 0. The zero-order valence-electron chi connectivity index (χ0n) is 8.88. The van der Waals surface area contributed by atoms with Gasteiger partial charge in [-0.3, -0.25) is 9.69 Å². The molecule has 86 valence electrons. The molecule has 16 heavy (non-hydrogen) atoms. The highest BCUT2D eigenvalue weighted by molar-refractivity contribution is 6.42. The fourth-order valence-electron chi connectivity index (χ4n) is 1.87. The lowest BCUT2D eigenvalue weighted by Gasteiger charge is -2.26. The molecule has 0 radical (unpaired) electrons. The van der Waals surface area contributed by atoms with Crippen molar-refractivity contribution < 1.29 is 4.79 Å². The Balaban J connectivity index is 2.04. The Morgan fingerprint density at radius 3 is 2.56 bits per heavy atom. The minimum atomic E-state index is 0.355. The van der Waals surface area contributed by atoms with E-state index in [4.69, 9.17) is 23.2 Å². The van der Waals surface area contributed by atoms with Crippen molar-refractivity contribution >= 4 is 29.0 Å². The Morgan fingerprint density at radius 2 is 1.88 bits per heavy atom. The minimum Gasteiger partial charge on any atom is -0.300 e. The number of carbonyl (C=O) groups is 1. The number of rotatable bonds is 2. The topological polar surface area (TPSA) is 20.3 Å². The highest BCUT2D eigenvalue weighted by atomic mass is 35.5. The van der Waals surface area contributed by atoms with Crippen LogP contribution in [0.2, 0.25) is 10.0 Å². The Morgan fingerprint density at radius 1 is 1.19 bits per heavy atom. The van der Waals surface area contributed by atoms with Crippen LogP contribution < -0.4 is 0 Å². The van der Waals surface area contributed by atoms with Gasteiger partial charge in [-0.15, -0.1) is 0 Å². The summed E-state index contributed by atoms with van der Waals surface area (Å²) < 4.78 is 0. The summed E-state index contributed by atoms with van der Waals surface area (Å²) in [7, 11) is 0. The summed E-state index contributed by atoms with van der Waals surface area (Å²) in [6.07, 6.45) is 1.30. The summed E-state index contributed by atoms with van der Waals surface area (Å²) in [5, 5.41) is 1.22. The normalized spacial score (nSPS) is 17.8. The summed E-state index contributed by atoms with van der Waals surface area (Å²) in [4.78, 5) is 13.3. The van der Waals surface area contributed by atoms with Crippen molar-refractivity contribution in [2.75, 3.05) is 13.1 Å². The number of hydrogen-bond acceptors (Lipinski definition) is 2. The van der Waals surface area contributed by atoms with Gasteiger partial charge in [-0.05, 0) is 11.6 Å². The zero-order valence-corrected chi connectivity index (χ0v) is 10.4. The Hall–Kier alpha value is -0.570. The van der Waals surface area contributed by atoms with Gasteiger partial charge in [0.1, 0.15) is 5.78 Å². The van der Waals surface area contributed by atoms with Crippen molar-refractivity contribution in [2.24, 2.45) is 0 Å². The van der Waals surface area contributed by atoms with Crippen LogP contribution in [-0.4, -0.2) is 23.8 Å². The maximum absolute atomic E-state index is 11.1. The minimum absolute atomic E-state index is 0.355. The Kier molecular flexibility index (Phi) is 3.85. The molecule has 0 spiro atoms. The highest BCUT2D eigenvalue weighted by Crippen LogP contribution is 2.26.